The van der Waals surface area contributed by atoms with E-state index in [1.54, 1.807) is 42.6 Å². The average Bonchev–Trinajstić information content (AvgIpc) is 2.59. The molecule has 0 aromatic heterocycles. The van der Waals surface area contributed by atoms with E-state index in [9.17, 15) is 18.0 Å². The van der Waals surface area contributed by atoms with Crippen LogP contribution in [0.25, 0.3) is 0 Å². The molecule has 0 aliphatic rings. The van der Waals surface area contributed by atoms with Crippen LogP contribution in [0, 0.1) is 11.3 Å². The van der Waals surface area contributed by atoms with Crippen molar-refractivity contribution in [1.29, 1.82) is 5.26 Å². The van der Waals surface area contributed by atoms with Crippen LogP contribution in [0.4, 0.5) is 18.9 Å². The molecule has 0 radical (unpaired) electrons. The van der Waals surface area contributed by atoms with Crippen molar-refractivity contribution >= 4 is 11.6 Å². The Kier molecular flexibility index (Phi) is 5.78. The summed E-state index contributed by atoms with van der Waals surface area (Å²) in [6.45, 7) is 1.91. The normalized spacial score (nSPS) is 12.3. The zero-order chi connectivity index (χ0) is 18.4. The van der Waals surface area contributed by atoms with E-state index >= 15 is 0 Å². The summed E-state index contributed by atoms with van der Waals surface area (Å²) >= 11 is 0. The third-order valence-corrected chi connectivity index (χ3v) is 3.63. The maximum Gasteiger partial charge on any atom is 0.416 e. The van der Waals surface area contributed by atoms with Crippen LogP contribution in [0.1, 0.15) is 23.6 Å². The molecule has 0 aliphatic carbocycles. The number of quaternary nitrogens is 1. The molecule has 4 nitrogen and oxygen atoms in total. The fraction of sp³-hybridized carbons (Fsp3) is 0.222. The quantitative estimate of drug-likeness (QED) is 0.872. The zero-order valence-corrected chi connectivity index (χ0v) is 13.5. The highest BCUT2D eigenvalue weighted by molar-refractivity contribution is 5.93. The minimum absolute atomic E-state index is 0.247. The molecule has 0 unspecified atom stereocenters. The summed E-state index contributed by atoms with van der Waals surface area (Å²) in [4.78, 5) is 12.2. The Labute approximate surface area is 143 Å². The molecule has 1 atom stereocenters. The fourth-order valence-corrected chi connectivity index (χ4v) is 2.22. The Bertz CT molecular complexity index is 797. The van der Waals surface area contributed by atoms with E-state index in [0.29, 0.717) is 16.8 Å². The van der Waals surface area contributed by atoms with Gasteiger partial charge in [0, 0.05) is 11.3 Å². The van der Waals surface area contributed by atoms with Gasteiger partial charge < -0.3 is 10.6 Å². The van der Waals surface area contributed by atoms with Crippen molar-refractivity contribution in [2.24, 2.45) is 0 Å². The number of amides is 1. The smallest absolute Gasteiger partial charge is 0.333 e. The van der Waals surface area contributed by atoms with Crippen molar-refractivity contribution in [3.8, 4) is 6.07 Å². The van der Waals surface area contributed by atoms with Gasteiger partial charge >= 0.3 is 6.18 Å². The minimum atomic E-state index is -4.38. The van der Waals surface area contributed by atoms with E-state index in [1.807, 2.05) is 6.07 Å². The lowest BCUT2D eigenvalue weighted by molar-refractivity contribution is -0.688. The molecule has 0 aliphatic heterocycles. The lowest BCUT2D eigenvalue weighted by atomic mass is 10.1. The van der Waals surface area contributed by atoms with E-state index in [4.69, 9.17) is 5.26 Å². The van der Waals surface area contributed by atoms with Gasteiger partial charge in [0.1, 0.15) is 6.54 Å². The summed E-state index contributed by atoms with van der Waals surface area (Å²) < 4.78 is 38.1. The minimum Gasteiger partial charge on any atom is -0.333 e. The number of nitrogens with one attached hydrogen (secondary N) is 1. The summed E-state index contributed by atoms with van der Waals surface area (Å²) in [5.41, 5.74) is 0.714. The molecule has 25 heavy (non-hydrogen) atoms. The molecule has 0 heterocycles. The first-order valence-corrected chi connectivity index (χ1v) is 7.60. The number of carbonyl (C=O) groups is 1. The van der Waals surface area contributed by atoms with Crippen LogP contribution >= 0.6 is 0 Å². The first-order chi connectivity index (χ1) is 11.8. The third kappa shape index (κ3) is 5.33. The van der Waals surface area contributed by atoms with Gasteiger partial charge in [0.25, 0.3) is 5.91 Å². The van der Waals surface area contributed by atoms with E-state index < -0.39 is 17.8 Å². The zero-order valence-electron chi connectivity index (χ0n) is 13.5. The van der Waals surface area contributed by atoms with E-state index in [0.717, 1.165) is 12.1 Å². The van der Waals surface area contributed by atoms with Gasteiger partial charge in [0.2, 0.25) is 0 Å². The lowest BCUT2D eigenvalue weighted by Crippen LogP contribution is -2.90. The highest BCUT2D eigenvalue weighted by atomic mass is 19.4. The Hall–Kier alpha value is -2.85. The van der Waals surface area contributed by atoms with Crippen molar-refractivity contribution in [3.05, 3.63) is 65.2 Å². The Morgan fingerprint density at radius 2 is 1.96 bits per heavy atom. The van der Waals surface area contributed by atoms with E-state index in [1.165, 1.54) is 6.07 Å². The molecular formula is C18H17F3N3O+. The first kappa shape index (κ1) is 18.5. The molecule has 2 aromatic rings. The summed E-state index contributed by atoms with van der Waals surface area (Å²) in [6, 6.07) is 13.0. The topological polar surface area (TPSA) is 69.5 Å². The molecule has 0 saturated carbocycles. The van der Waals surface area contributed by atoms with E-state index in [2.05, 4.69) is 5.32 Å². The molecule has 0 fully saturated rings. The number of nitrogens with zero attached hydrogens (tertiary/aromatic N) is 1. The lowest BCUT2D eigenvalue weighted by Gasteiger charge is -2.12. The number of halogens is 3. The van der Waals surface area contributed by atoms with E-state index in [-0.39, 0.29) is 12.5 Å². The van der Waals surface area contributed by atoms with Crippen LogP contribution in [0.5, 0.6) is 0 Å². The first-order valence-electron chi connectivity index (χ1n) is 7.60. The summed E-state index contributed by atoms with van der Waals surface area (Å²) in [5, 5.41) is 13.2. The fourth-order valence-electron chi connectivity index (χ4n) is 2.22. The van der Waals surface area contributed by atoms with Gasteiger partial charge in [-0.2, -0.15) is 18.4 Å². The SMILES string of the molecule is C[C@@H]([NH2+]Cc1cccc(C(F)(F)F)c1)C(=O)Nc1cccc(C#N)c1. The summed E-state index contributed by atoms with van der Waals surface area (Å²) in [5.74, 6) is -0.290. The van der Waals surface area contributed by atoms with Gasteiger partial charge in [0.15, 0.2) is 6.04 Å². The number of nitrogens with two attached hydrogens (primary N) is 1. The molecule has 130 valence electrons. The molecule has 0 saturated heterocycles. The second kappa shape index (κ2) is 7.81. The number of alkyl halides is 3. The van der Waals surface area contributed by atoms with Crippen LogP contribution in [0.15, 0.2) is 48.5 Å². The standard InChI is InChI=1S/C18H16F3N3O/c1-12(17(25)24-16-7-3-4-13(9-16)10-22)23-11-14-5-2-6-15(8-14)18(19,20)21/h2-9,12,23H,11H2,1H3,(H,24,25)/p+1/t12-/m1/s1. The number of anilines is 1. The molecule has 0 spiro atoms. The van der Waals surface area contributed by atoms with Gasteiger partial charge in [-0.25, -0.2) is 0 Å². The van der Waals surface area contributed by atoms with Gasteiger partial charge in [0.05, 0.1) is 17.2 Å². The second-order valence-corrected chi connectivity index (χ2v) is 5.61. The average molecular weight is 348 g/mol. The van der Waals surface area contributed by atoms with Crippen molar-refractivity contribution in [2.75, 3.05) is 5.32 Å². The van der Waals surface area contributed by atoms with Crippen LogP contribution in [-0.2, 0) is 17.5 Å². The predicted molar refractivity (Wildman–Crippen MR) is 86.3 cm³/mol. The molecule has 2 aromatic carbocycles. The van der Waals surface area contributed by atoms with Gasteiger partial charge in [-0.15, -0.1) is 0 Å². The van der Waals surface area contributed by atoms with Crippen LogP contribution < -0.4 is 10.6 Å². The van der Waals surface area contributed by atoms with Crippen molar-refractivity contribution < 1.29 is 23.3 Å². The maximum atomic E-state index is 12.7. The predicted octanol–water partition coefficient (Wildman–Crippen LogP) is 2.67. The number of benzene rings is 2. The number of hydrogen-bond donors (Lipinski definition) is 2. The largest absolute Gasteiger partial charge is 0.416 e. The van der Waals surface area contributed by atoms with Gasteiger partial charge in [-0.05, 0) is 37.3 Å². The van der Waals surface area contributed by atoms with Crippen molar-refractivity contribution in [2.45, 2.75) is 25.7 Å². The van der Waals surface area contributed by atoms with Crippen LogP contribution in [0.2, 0.25) is 0 Å². The third-order valence-electron chi connectivity index (χ3n) is 3.63. The molecule has 1 amide bonds. The molecular weight excluding hydrogens is 331 g/mol. The number of carbonyl (C=O) groups excluding carboxylic acids is 1. The Morgan fingerprint density at radius 1 is 1.24 bits per heavy atom. The summed E-state index contributed by atoms with van der Waals surface area (Å²) in [7, 11) is 0. The molecule has 2 rings (SSSR count). The van der Waals surface area contributed by atoms with Crippen molar-refractivity contribution in [1.82, 2.24) is 0 Å². The summed E-state index contributed by atoms with van der Waals surface area (Å²) in [6.07, 6.45) is -4.38. The highest BCUT2D eigenvalue weighted by Crippen LogP contribution is 2.29. The van der Waals surface area contributed by atoms with Gasteiger partial charge in [-0.1, -0.05) is 18.2 Å². The van der Waals surface area contributed by atoms with Crippen LogP contribution in [-0.4, -0.2) is 11.9 Å². The molecule has 0 bridgehead atoms. The Balaban J connectivity index is 1.94. The second-order valence-electron chi connectivity index (χ2n) is 5.61. The highest BCUT2D eigenvalue weighted by Gasteiger charge is 2.30. The van der Waals surface area contributed by atoms with Crippen LogP contribution in [0.3, 0.4) is 0 Å². The monoisotopic (exact) mass is 348 g/mol. The molecule has 7 heteroatoms. The molecule has 3 N–H and O–H groups in total. The number of hydrogen-bond acceptors (Lipinski definition) is 2. The van der Waals surface area contributed by atoms with Gasteiger partial charge in [-0.3, -0.25) is 4.79 Å². The van der Waals surface area contributed by atoms with Crippen molar-refractivity contribution in [3.63, 3.8) is 0 Å². The Morgan fingerprint density at radius 3 is 2.64 bits per heavy atom. The maximum absolute atomic E-state index is 12.7. The number of nitriles is 1. The number of rotatable bonds is 5.